The van der Waals surface area contributed by atoms with Gasteiger partial charge >= 0.3 is 0 Å². The first-order valence-corrected chi connectivity index (χ1v) is 7.73. The molecular weight excluding hydrogens is 288 g/mol. The molecule has 3 nitrogen and oxygen atoms in total. The molecule has 0 amide bonds. The Balaban J connectivity index is 2.67. The van der Waals surface area contributed by atoms with Crippen molar-refractivity contribution in [3.63, 3.8) is 0 Å². The zero-order valence-corrected chi connectivity index (χ0v) is 13.9. The van der Waals surface area contributed by atoms with Crippen LogP contribution in [-0.4, -0.2) is 41.9 Å². The number of aliphatic hydroxyl groups is 1. The van der Waals surface area contributed by atoms with Crippen LogP contribution in [0.4, 0.5) is 8.78 Å². The smallest absolute Gasteiger partial charge is 0.130 e. The van der Waals surface area contributed by atoms with E-state index in [1.165, 1.54) is 12.1 Å². The zero-order chi connectivity index (χ0) is 16.7. The van der Waals surface area contributed by atoms with Crippen LogP contribution in [0.5, 0.6) is 0 Å². The number of benzene rings is 1. The molecular formula is C17H27F2NO2. The van der Waals surface area contributed by atoms with Gasteiger partial charge in [0.25, 0.3) is 0 Å². The third kappa shape index (κ3) is 7.29. The number of aliphatic hydroxyl groups excluding tert-OH is 1. The second-order valence-corrected chi connectivity index (χ2v) is 6.36. The SMILES string of the molecule is CC(C)CN(Cc1ccc(F)cc1F)C[C@@H](O)COC(C)C. The van der Waals surface area contributed by atoms with Gasteiger partial charge in [-0.1, -0.05) is 19.9 Å². The number of hydrogen-bond donors (Lipinski definition) is 1. The van der Waals surface area contributed by atoms with Gasteiger partial charge in [-0.3, -0.25) is 4.90 Å². The summed E-state index contributed by atoms with van der Waals surface area (Å²) in [4.78, 5) is 1.97. The Kier molecular flexibility index (Phi) is 7.93. The van der Waals surface area contributed by atoms with E-state index in [0.29, 0.717) is 24.6 Å². The fourth-order valence-electron chi connectivity index (χ4n) is 2.27. The zero-order valence-electron chi connectivity index (χ0n) is 13.9. The highest BCUT2D eigenvalue weighted by molar-refractivity contribution is 5.18. The first-order valence-electron chi connectivity index (χ1n) is 7.73. The maximum absolute atomic E-state index is 13.8. The first-order chi connectivity index (χ1) is 10.3. The van der Waals surface area contributed by atoms with Crippen molar-refractivity contribution in [2.45, 2.75) is 46.4 Å². The number of ether oxygens (including phenoxy) is 1. The average Bonchev–Trinajstić information content (AvgIpc) is 2.39. The van der Waals surface area contributed by atoms with E-state index in [9.17, 15) is 13.9 Å². The van der Waals surface area contributed by atoms with Crippen molar-refractivity contribution in [2.75, 3.05) is 19.7 Å². The Labute approximate surface area is 131 Å². The van der Waals surface area contributed by atoms with Crippen LogP contribution in [0.2, 0.25) is 0 Å². The largest absolute Gasteiger partial charge is 0.389 e. The molecule has 0 unspecified atom stereocenters. The highest BCUT2D eigenvalue weighted by atomic mass is 19.1. The minimum Gasteiger partial charge on any atom is -0.389 e. The molecule has 0 aliphatic heterocycles. The molecule has 0 spiro atoms. The Morgan fingerprint density at radius 2 is 1.82 bits per heavy atom. The van der Waals surface area contributed by atoms with Crippen LogP contribution < -0.4 is 0 Å². The van der Waals surface area contributed by atoms with Gasteiger partial charge in [0.15, 0.2) is 0 Å². The predicted molar refractivity (Wildman–Crippen MR) is 83.6 cm³/mol. The molecule has 0 saturated heterocycles. The monoisotopic (exact) mass is 315 g/mol. The Bertz CT molecular complexity index is 452. The van der Waals surface area contributed by atoms with E-state index in [1.54, 1.807) is 0 Å². The van der Waals surface area contributed by atoms with Gasteiger partial charge in [-0.25, -0.2) is 8.78 Å². The lowest BCUT2D eigenvalue weighted by atomic mass is 10.1. The van der Waals surface area contributed by atoms with Crippen molar-refractivity contribution in [3.05, 3.63) is 35.4 Å². The maximum atomic E-state index is 13.8. The van der Waals surface area contributed by atoms with Crippen LogP contribution in [0.25, 0.3) is 0 Å². The summed E-state index contributed by atoms with van der Waals surface area (Å²) in [6, 6.07) is 3.60. The van der Waals surface area contributed by atoms with E-state index in [-0.39, 0.29) is 12.7 Å². The van der Waals surface area contributed by atoms with Crippen molar-refractivity contribution in [1.82, 2.24) is 4.90 Å². The van der Waals surface area contributed by atoms with Crippen molar-refractivity contribution in [2.24, 2.45) is 5.92 Å². The molecule has 0 saturated carbocycles. The molecule has 0 aliphatic carbocycles. The fraction of sp³-hybridized carbons (Fsp3) is 0.647. The molecule has 22 heavy (non-hydrogen) atoms. The molecule has 1 rings (SSSR count). The summed E-state index contributed by atoms with van der Waals surface area (Å²) < 4.78 is 32.2. The van der Waals surface area contributed by atoms with Gasteiger partial charge < -0.3 is 9.84 Å². The van der Waals surface area contributed by atoms with Crippen LogP contribution in [0.15, 0.2) is 18.2 Å². The average molecular weight is 315 g/mol. The number of nitrogens with zero attached hydrogens (tertiary/aromatic N) is 1. The van der Waals surface area contributed by atoms with Gasteiger partial charge in [0.2, 0.25) is 0 Å². The van der Waals surface area contributed by atoms with Gasteiger partial charge in [0.05, 0.1) is 18.8 Å². The molecule has 0 heterocycles. The lowest BCUT2D eigenvalue weighted by molar-refractivity contribution is -0.0109. The summed E-state index contributed by atoms with van der Waals surface area (Å²) >= 11 is 0. The summed E-state index contributed by atoms with van der Waals surface area (Å²) in [6.07, 6.45) is -0.576. The Morgan fingerprint density at radius 3 is 2.36 bits per heavy atom. The molecule has 0 aromatic heterocycles. The lowest BCUT2D eigenvalue weighted by Gasteiger charge is -2.27. The Morgan fingerprint density at radius 1 is 1.14 bits per heavy atom. The van der Waals surface area contributed by atoms with E-state index in [2.05, 4.69) is 13.8 Å². The standard InChI is InChI=1S/C17H27F2NO2/c1-12(2)8-20(10-16(21)11-22-13(3)4)9-14-5-6-15(18)7-17(14)19/h5-7,12-13,16,21H,8-11H2,1-4H3/t16-/m1/s1. The molecule has 0 fully saturated rings. The molecule has 1 N–H and O–H groups in total. The molecule has 0 aliphatic rings. The number of hydrogen-bond acceptors (Lipinski definition) is 3. The summed E-state index contributed by atoms with van der Waals surface area (Å²) in [6.45, 7) is 9.63. The second kappa shape index (κ2) is 9.18. The van der Waals surface area contributed by atoms with Gasteiger partial charge in [-0.15, -0.1) is 0 Å². The highest BCUT2D eigenvalue weighted by Crippen LogP contribution is 2.14. The predicted octanol–water partition coefficient (Wildman–Crippen LogP) is 3.21. The van der Waals surface area contributed by atoms with Gasteiger partial charge in [0, 0.05) is 31.3 Å². The number of rotatable bonds is 9. The van der Waals surface area contributed by atoms with Crippen molar-refractivity contribution < 1.29 is 18.6 Å². The molecule has 1 aromatic rings. The third-order valence-electron chi connectivity index (χ3n) is 3.12. The molecule has 5 heteroatoms. The molecule has 126 valence electrons. The second-order valence-electron chi connectivity index (χ2n) is 6.36. The van der Waals surface area contributed by atoms with Crippen molar-refractivity contribution >= 4 is 0 Å². The summed E-state index contributed by atoms with van der Waals surface area (Å²) in [7, 11) is 0. The van der Waals surface area contributed by atoms with Crippen LogP contribution in [-0.2, 0) is 11.3 Å². The summed E-state index contributed by atoms with van der Waals surface area (Å²) in [5.74, 6) is -0.759. The maximum Gasteiger partial charge on any atom is 0.130 e. The van der Waals surface area contributed by atoms with E-state index < -0.39 is 17.7 Å². The van der Waals surface area contributed by atoms with E-state index in [1.807, 2.05) is 18.7 Å². The van der Waals surface area contributed by atoms with E-state index in [0.717, 1.165) is 12.6 Å². The van der Waals surface area contributed by atoms with Gasteiger partial charge in [-0.2, -0.15) is 0 Å². The van der Waals surface area contributed by atoms with E-state index in [4.69, 9.17) is 4.74 Å². The number of halogens is 2. The van der Waals surface area contributed by atoms with E-state index >= 15 is 0 Å². The van der Waals surface area contributed by atoms with Crippen molar-refractivity contribution in [3.8, 4) is 0 Å². The Hall–Kier alpha value is -1.04. The van der Waals surface area contributed by atoms with Crippen LogP contribution >= 0.6 is 0 Å². The topological polar surface area (TPSA) is 32.7 Å². The van der Waals surface area contributed by atoms with Crippen LogP contribution in [0.3, 0.4) is 0 Å². The summed E-state index contributed by atoms with van der Waals surface area (Å²) in [5, 5.41) is 10.1. The van der Waals surface area contributed by atoms with Crippen LogP contribution in [0, 0.1) is 17.6 Å². The highest BCUT2D eigenvalue weighted by Gasteiger charge is 2.16. The quantitative estimate of drug-likeness (QED) is 0.759. The summed E-state index contributed by atoms with van der Waals surface area (Å²) in [5.41, 5.74) is 0.430. The fourth-order valence-corrected chi connectivity index (χ4v) is 2.27. The normalized spacial score (nSPS) is 13.4. The molecule has 1 aromatic carbocycles. The molecule has 0 radical (unpaired) electrons. The minimum atomic E-state index is -0.635. The molecule has 0 bridgehead atoms. The molecule has 1 atom stereocenters. The van der Waals surface area contributed by atoms with Gasteiger partial charge in [-0.05, 0) is 25.8 Å². The first kappa shape index (κ1) is 19.0. The lowest BCUT2D eigenvalue weighted by Crippen LogP contribution is -2.37. The van der Waals surface area contributed by atoms with Crippen LogP contribution in [0.1, 0.15) is 33.3 Å². The minimum absolute atomic E-state index is 0.0581. The third-order valence-corrected chi connectivity index (χ3v) is 3.12. The van der Waals surface area contributed by atoms with Gasteiger partial charge in [0.1, 0.15) is 11.6 Å². The van der Waals surface area contributed by atoms with Crippen molar-refractivity contribution in [1.29, 1.82) is 0 Å².